The minimum absolute atomic E-state index is 0.291. The van der Waals surface area contributed by atoms with E-state index in [1.165, 1.54) is 57.8 Å². The Kier molecular flexibility index (Phi) is 12.6. The smallest absolute Gasteiger partial charge is 0.339 e. The predicted molar refractivity (Wildman–Crippen MR) is 122 cm³/mol. The van der Waals surface area contributed by atoms with Crippen molar-refractivity contribution in [3.63, 3.8) is 0 Å². The topological polar surface area (TPSA) is 52.6 Å². The van der Waals surface area contributed by atoms with E-state index >= 15 is 0 Å². The van der Waals surface area contributed by atoms with Crippen molar-refractivity contribution in [3.05, 3.63) is 35.4 Å². The highest BCUT2D eigenvalue weighted by atomic mass is 28.4. The Hall–Kier alpha value is -1.62. The van der Waals surface area contributed by atoms with Gasteiger partial charge in [0.15, 0.2) is 0 Å². The van der Waals surface area contributed by atoms with Gasteiger partial charge in [-0.25, -0.2) is 9.59 Å². The van der Waals surface area contributed by atoms with Crippen molar-refractivity contribution in [2.45, 2.75) is 97.2 Å². The minimum Gasteiger partial charge on any atom is -0.516 e. The molecule has 0 spiro atoms. The molecule has 0 fully saturated rings. The molecule has 0 aliphatic heterocycles. The Morgan fingerprint density at radius 3 is 1.66 bits per heavy atom. The van der Waals surface area contributed by atoms with Gasteiger partial charge in [0.25, 0.3) is 0 Å². The van der Waals surface area contributed by atoms with E-state index in [2.05, 4.69) is 6.92 Å². The summed E-state index contributed by atoms with van der Waals surface area (Å²) in [6.45, 7) is 8.47. The van der Waals surface area contributed by atoms with Crippen LogP contribution in [-0.4, -0.2) is 26.9 Å². The summed E-state index contributed by atoms with van der Waals surface area (Å²) < 4.78 is 10.9. The fraction of sp³-hybridized carbons (Fsp3) is 0.667. The molecule has 0 unspecified atom stereocenters. The van der Waals surface area contributed by atoms with Crippen molar-refractivity contribution in [1.29, 1.82) is 0 Å². The van der Waals surface area contributed by atoms with Crippen LogP contribution in [0, 0.1) is 0 Å². The molecule has 29 heavy (non-hydrogen) atoms. The number of carbonyl (C=O) groups is 2. The second kappa shape index (κ2) is 14.4. The second-order valence-electron chi connectivity index (χ2n) is 8.72. The lowest BCUT2D eigenvalue weighted by Crippen LogP contribution is -2.30. The van der Waals surface area contributed by atoms with Gasteiger partial charge in [0.1, 0.15) is 0 Å². The molecule has 0 atom stereocenters. The van der Waals surface area contributed by atoms with Crippen LogP contribution >= 0.6 is 0 Å². The van der Waals surface area contributed by atoms with Gasteiger partial charge in [-0.3, -0.25) is 0 Å². The van der Waals surface area contributed by atoms with E-state index in [0.717, 1.165) is 12.8 Å². The van der Waals surface area contributed by atoms with Gasteiger partial charge in [-0.1, -0.05) is 83.3 Å². The average Bonchev–Trinajstić information content (AvgIpc) is 2.67. The second-order valence-corrected chi connectivity index (χ2v) is 13.1. The van der Waals surface area contributed by atoms with Crippen LogP contribution in [0.1, 0.15) is 98.3 Å². The number of unbranched alkanes of at least 4 members (excludes halogenated alkanes) is 10. The van der Waals surface area contributed by atoms with E-state index in [4.69, 9.17) is 9.16 Å². The lowest BCUT2D eigenvalue weighted by Gasteiger charge is -2.18. The fourth-order valence-corrected chi connectivity index (χ4v) is 3.85. The van der Waals surface area contributed by atoms with Crippen molar-refractivity contribution in [2.24, 2.45) is 0 Å². The third-order valence-corrected chi connectivity index (χ3v) is 5.54. The fourth-order valence-electron chi connectivity index (χ4n) is 3.18. The molecule has 0 radical (unpaired) electrons. The summed E-state index contributed by atoms with van der Waals surface area (Å²) in [6, 6.07) is 6.73. The highest BCUT2D eigenvalue weighted by Crippen LogP contribution is 2.16. The van der Waals surface area contributed by atoms with Crippen molar-refractivity contribution < 1.29 is 18.8 Å². The summed E-state index contributed by atoms with van der Waals surface area (Å²) in [6.07, 6.45) is 13.8. The van der Waals surface area contributed by atoms with E-state index in [1.54, 1.807) is 24.3 Å². The monoisotopic (exact) mass is 420 g/mol. The Labute approximate surface area is 178 Å². The van der Waals surface area contributed by atoms with Crippen LogP contribution in [0.2, 0.25) is 19.6 Å². The molecule has 164 valence electrons. The molecule has 5 heteroatoms. The first-order chi connectivity index (χ1) is 13.8. The maximum Gasteiger partial charge on any atom is 0.339 e. The van der Waals surface area contributed by atoms with E-state index in [1.807, 2.05) is 19.6 Å². The molecular weight excluding hydrogens is 380 g/mol. The molecule has 0 saturated heterocycles. The predicted octanol–water partition coefficient (Wildman–Crippen LogP) is 7.15. The molecule has 0 saturated carbocycles. The van der Waals surface area contributed by atoms with Crippen molar-refractivity contribution in [3.8, 4) is 0 Å². The highest BCUT2D eigenvalue weighted by Gasteiger charge is 2.24. The largest absolute Gasteiger partial charge is 0.516 e. The first-order valence-electron chi connectivity index (χ1n) is 11.3. The van der Waals surface area contributed by atoms with Crippen LogP contribution in [0.3, 0.4) is 0 Å². The molecule has 0 N–H and O–H groups in total. The van der Waals surface area contributed by atoms with Gasteiger partial charge >= 0.3 is 11.9 Å². The normalized spacial score (nSPS) is 11.3. The first-order valence-corrected chi connectivity index (χ1v) is 14.8. The molecule has 0 bridgehead atoms. The average molecular weight is 421 g/mol. The Morgan fingerprint density at radius 2 is 1.17 bits per heavy atom. The van der Waals surface area contributed by atoms with Gasteiger partial charge in [-0.05, 0) is 38.2 Å². The minimum atomic E-state index is -2.02. The van der Waals surface area contributed by atoms with Gasteiger partial charge in [0, 0.05) is 0 Å². The molecule has 0 aliphatic carbocycles. The Bertz CT molecular complexity index is 607. The number of hydrogen-bond acceptors (Lipinski definition) is 4. The molecule has 1 aromatic rings. The molecule has 0 aliphatic rings. The van der Waals surface area contributed by atoms with Gasteiger partial charge in [0.05, 0.1) is 17.7 Å². The number of ether oxygens (including phenoxy) is 1. The summed E-state index contributed by atoms with van der Waals surface area (Å²) in [5, 5.41) is 0. The maximum atomic E-state index is 12.4. The molecule has 0 aromatic heterocycles. The SMILES string of the molecule is CCCCCCCCCCCCCOC(=O)c1ccccc1C(=O)O[Si](C)(C)C. The molecule has 4 nitrogen and oxygen atoms in total. The van der Waals surface area contributed by atoms with E-state index in [0.29, 0.717) is 17.7 Å². The zero-order valence-corrected chi connectivity index (χ0v) is 19.9. The molecule has 1 rings (SSSR count). The lowest BCUT2D eigenvalue weighted by molar-refractivity contribution is 0.0488. The van der Waals surface area contributed by atoms with Crippen LogP contribution < -0.4 is 0 Å². The van der Waals surface area contributed by atoms with E-state index in [-0.39, 0.29) is 0 Å². The summed E-state index contributed by atoms with van der Waals surface area (Å²) in [5.41, 5.74) is 0.581. The number of rotatable bonds is 15. The first kappa shape index (κ1) is 25.4. The molecule has 0 heterocycles. The summed E-state index contributed by atoms with van der Waals surface area (Å²) in [5.74, 6) is -0.883. The van der Waals surface area contributed by atoms with Crippen molar-refractivity contribution >= 4 is 20.3 Å². The number of esters is 1. The van der Waals surface area contributed by atoms with Crippen molar-refractivity contribution in [2.75, 3.05) is 6.61 Å². The van der Waals surface area contributed by atoms with Gasteiger partial charge in [-0.2, -0.15) is 0 Å². The van der Waals surface area contributed by atoms with E-state index in [9.17, 15) is 9.59 Å². The van der Waals surface area contributed by atoms with Crippen LogP contribution in [0.15, 0.2) is 24.3 Å². The third kappa shape index (κ3) is 11.8. The van der Waals surface area contributed by atoms with Crippen LogP contribution in [0.4, 0.5) is 0 Å². The standard InChI is InChI=1S/C24H40O4Si/c1-5-6-7-8-9-10-11-12-13-14-17-20-27-23(25)21-18-15-16-19-22(21)24(26)28-29(2,3)4/h15-16,18-19H,5-14,17,20H2,1-4H3. The van der Waals surface area contributed by atoms with Crippen LogP contribution in [0.5, 0.6) is 0 Å². The highest BCUT2D eigenvalue weighted by molar-refractivity contribution is 6.71. The quantitative estimate of drug-likeness (QED) is 0.172. The molecule has 1 aromatic carbocycles. The van der Waals surface area contributed by atoms with Gasteiger partial charge < -0.3 is 9.16 Å². The summed E-state index contributed by atoms with van der Waals surface area (Å²) in [4.78, 5) is 24.8. The summed E-state index contributed by atoms with van der Waals surface area (Å²) in [7, 11) is -2.02. The molecular formula is C24H40O4Si. The number of hydrogen-bond donors (Lipinski definition) is 0. The Balaban J connectivity index is 2.23. The van der Waals surface area contributed by atoms with Gasteiger partial charge in [0.2, 0.25) is 8.32 Å². The summed E-state index contributed by atoms with van der Waals surface area (Å²) >= 11 is 0. The zero-order chi connectivity index (χ0) is 21.5. The lowest BCUT2D eigenvalue weighted by atomic mass is 10.1. The van der Waals surface area contributed by atoms with E-state index < -0.39 is 20.3 Å². The van der Waals surface area contributed by atoms with Crippen molar-refractivity contribution in [1.82, 2.24) is 0 Å². The number of carbonyl (C=O) groups excluding carboxylic acids is 2. The maximum absolute atomic E-state index is 12.4. The Morgan fingerprint density at radius 1 is 0.724 bits per heavy atom. The number of benzene rings is 1. The van der Waals surface area contributed by atoms with Crippen LogP contribution in [0.25, 0.3) is 0 Å². The van der Waals surface area contributed by atoms with Gasteiger partial charge in [-0.15, -0.1) is 0 Å². The molecule has 0 amide bonds. The van der Waals surface area contributed by atoms with Crippen LogP contribution in [-0.2, 0) is 9.16 Å². The zero-order valence-electron chi connectivity index (χ0n) is 18.9. The third-order valence-electron chi connectivity index (χ3n) is 4.75.